The van der Waals surface area contributed by atoms with Gasteiger partial charge in [-0.05, 0) is 43.1 Å². The molecule has 1 N–H and O–H groups in total. The van der Waals surface area contributed by atoms with Crippen LogP contribution in [0.3, 0.4) is 0 Å². The molecular weight excluding hydrogens is 321 g/mol. The highest BCUT2D eigenvalue weighted by atomic mass is 79.9. The van der Waals surface area contributed by atoms with Crippen molar-refractivity contribution in [2.24, 2.45) is 7.05 Å². The summed E-state index contributed by atoms with van der Waals surface area (Å²) in [4.78, 5) is 0. The first-order chi connectivity index (χ1) is 9.60. The average molecular weight is 340 g/mol. The van der Waals surface area contributed by atoms with Crippen molar-refractivity contribution < 1.29 is 4.39 Å². The molecule has 1 heterocycles. The molecule has 0 amide bonds. The molecule has 0 bridgehead atoms. The van der Waals surface area contributed by atoms with E-state index in [1.807, 2.05) is 32.4 Å². The van der Waals surface area contributed by atoms with Gasteiger partial charge in [0, 0.05) is 29.3 Å². The van der Waals surface area contributed by atoms with Gasteiger partial charge in [-0.15, -0.1) is 0 Å². The third-order valence-corrected chi connectivity index (χ3v) is 3.76. The SMILES string of the molecule is CCNC(CCc1cnn(C)c1)c1cc(Br)ccc1F. The first-order valence-electron chi connectivity index (χ1n) is 6.76. The number of rotatable bonds is 6. The fourth-order valence-corrected chi connectivity index (χ4v) is 2.69. The Morgan fingerprint density at radius 1 is 1.45 bits per heavy atom. The second kappa shape index (κ2) is 6.99. The van der Waals surface area contributed by atoms with Crippen LogP contribution in [0.1, 0.15) is 30.5 Å². The molecule has 0 saturated heterocycles. The van der Waals surface area contributed by atoms with Crippen molar-refractivity contribution in [3.05, 3.63) is 52.0 Å². The van der Waals surface area contributed by atoms with Crippen LogP contribution in [0, 0.1) is 5.82 Å². The van der Waals surface area contributed by atoms with Crippen molar-refractivity contribution in [2.75, 3.05) is 6.54 Å². The van der Waals surface area contributed by atoms with Crippen molar-refractivity contribution in [2.45, 2.75) is 25.8 Å². The molecule has 1 aromatic carbocycles. The second-order valence-corrected chi connectivity index (χ2v) is 5.75. The van der Waals surface area contributed by atoms with E-state index in [9.17, 15) is 4.39 Å². The summed E-state index contributed by atoms with van der Waals surface area (Å²) < 4.78 is 16.7. The lowest BCUT2D eigenvalue weighted by Crippen LogP contribution is -2.22. The Bertz CT molecular complexity index is 568. The molecule has 1 unspecified atom stereocenters. The molecule has 0 aliphatic rings. The maximum Gasteiger partial charge on any atom is 0.128 e. The van der Waals surface area contributed by atoms with Crippen molar-refractivity contribution in [1.82, 2.24) is 15.1 Å². The van der Waals surface area contributed by atoms with Gasteiger partial charge in [0.25, 0.3) is 0 Å². The first kappa shape index (κ1) is 15.2. The Labute approximate surface area is 127 Å². The van der Waals surface area contributed by atoms with Crippen LogP contribution >= 0.6 is 15.9 Å². The van der Waals surface area contributed by atoms with Crippen molar-refractivity contribution in [3.8, 4) is 0 Å². The quantitative estimate of drug-likeness (QED) is 0.871. The van der Waals surface area contributed by atoms with Gasteiger partial charge in [-0.25, -0.2) is 4.39 Å². The summed E-state index contributed by atoms with van der Waals surface area (Å²) in [5, 5.41) is 7.52. The van der Waals surface area contributed by atoms with Crippen LogP contribution in [0.4, 0.5) is 4.39 Å². The maximum atomic E-state index is 14.0. The van der Waals surface area contributed by atoms with Gasteiger partial charge < -0.3 is 5.32 Å². The largest absolute Gasteiger partial charge is 0.310 e. The van der Waals surface area contributed by atoms with E-state index in [2.05, 4.69) is 26.3 Å². The molecule has 0 fully saturated rings. The Morgan fingerprint density at radius 3 is 2.90 bits per heavy atom. The lowest BCUT2D eigenvalue weighted by molar-refractivity contribution is 0.485. The van der Waals surface area contributed by atoms with Crippen LogP contribution in [0.5, 0.6) is 0 Å². The normalized spacial score (nSPS) is 12.6. The van der Waals surface area contributed by atoms with Gasteiger partial charge in [0.05, 0.1) is 6.20 Å². The van der Waals surface area contributed by atoms with Crippen LogP contribution < -0.4 is 5.32 Å². The Kier molecular flexibility index (Phi) is 5.31. The minimum Gasteiger partial charge on any atom is -0.310 e. The highest BCUT2D eigenvalue weighted by Crippen LogP contribution is 2.25. The fourth-order valence-electron chi connectivity index (χ4n) is 2.31. The summed E-state index contributed by atoms with van der Waals surface area (Å²) in [6.45, 7) is 2.84. The molecule has 5 heteroatoms. The van der Waals surface area contributed by atoms with Gasteiger partial charge >= 0.3 is 0 Å². The molecule has 1 aromatic heterocycles. The number of aryl methyl sites for hydroxylation is 2. The van der Waals surface area contributed by atoms with E-state index in [1.165, 1.54) is 11.6 Å². The summed E-state index contributed by atoms with van der Waals surface area (Å²) in [5.74, 6) is -0.162. The van der Waals surface area contributed by atoms with E-state index in [0.717, 1.165) is 23.9 Å². The fraction of sp³-hybridized carbons (Fsp3) is 0.400. The van der Waals surface area contributed by atoms with Crippen molar-refractivity contribution in [3.63, 3.8) is 0 Å². The first-order valence-corrected chi connectivity index (χ1v) is 7.55. The van der Waals surface area contributed by atoms with Gasteiger partial charge in [-0.3, -0.25) is 4.68 Å². The molecule has 20 heavy (non-hydrogen) atoms. The zero-order valence-electron chi connectivity index (χ0n) is 11.7. The molecule has 0 saturated carbocycles. The average Bonchev–Trinajstić information content (AvgIpc) is 2.83. The van der Waals surface area contributed by atoms with E-state index in [4.69, 9.17) is 0 Å². The lowest BCUT2D eigenvalue weighted by Gasteiger charge is -2.19. The third kappa shape index (κ3) is 3.90. The predicted molar refractivity (Wildman–Crippen MR) is 82.0 cm³/mol. The van der Waals surface area contributed by atoms with E-state index >= 15 is 0 Å². The van der Waals surface area contributed by atoms with Crippen LogP contribution in [0.2, 0.25) is 0 Å². The molecule has 1 atom stereocenters. The Morgan fingerprint density at radius 2 is 2.25 bits per heavy atom. The zero-order valence-corrected chi connectivity index (χ0v) is 13.3. The van der Waals surface area contributed by atoms with Crippen LogP contribution in [-0.2, 0) is 13.5 Å². The maximum absolute atomic E-state index is 14.0. The minimum atomic E-state index is -0.162. The summed E-state index contributed by atoms with van der Waals surface area (Å²) >= 11 is 3.41. The number of nitrogens with one attached hydrogen (secondary N) is 1. The molecule has 0 aliphatic heterocycles. The standard InChI is InChI=1S/C15H19BrFN3/c1-3-18-15(7-4-11-9-19-20(2)10-11)13-8-12(16)5-6-14(13)17/h5-6,8-10,15,18H,3-4,7H2,1-2H3. The molecular formula is C15H19BrFN3. The summed E-state index contributed by atoms with van der Waals surface area (Å²) in [6, 6.07) is 5.10. The monoisotopic (exact) mass is 339 g/mol. The Hall–Kier alpha value is -1.20. The second-order valence-electron chi connectivity index (χ2n) is 4.84. The lowest BCUT2D eigenvalue weighted by atomic mass is 9.99. The summed E-state index contributed by atoms with van der Waals surface area (Å²) in [6.07, 6.45) is 5.57. The van der Waals surface area contributed by atoms with Crippen LogP contribution in [0.15, 0.2) is 35.1 Å². The van der Waals surface area contributed by atoms with Gasteiger partial charge in [0.2, 0.25) is 0 Å². The summed E-state index contributed by atoms with van der Waals surface area (Å²) in [5.41, 5.74) is 1.89. The zero-order chi connectivity index (χ0) is 14.5. The number of hydrogen-bond acceptors (Lipinski definition) is 2. The molecule has 0 spiro atoms. The smallest absolute Gasteiger partial charge is 0.128 e. The molecule has 3 nitrogen and oxygen atoms in total. The van der Waals surface area contributed by atoms with Crippen molar-refractivity contribution >= 4 is 15.9 Å². The van der Waals surface area contributed by atoms with E-state index < -0.39 is 0 Å². The molecule has 108 valence electrons. The Balaban J connectivity index is 2.11. The van der Waals surface area contributed by atoms with Crippen molar-refractivity contribution in [1.29, 1.82) is 0 Å². The van der Waals surface area contributed by atoms with Gasteiger partial charge in [-0.2, -0.15) is 5.10 Å². The van der Waals surface area contributed by atoms with E-state index in [-0.39, 0.29) is 11.9 Å². The highest BCUT2D eigenvalue weighted by molar-refractivity contribution is 9.10. The number of benzene rings is 1. The van der Waals surface area contributed by atoms with E-state index in [1.54, 1.807) is 10.7 Å². The predicted octanol–water partition coefficient (Wildman–Crippen LogP) is 3.61. The third-order valence-electron chi connectivity index (χ3n) is 3.26. The molecule has 0 radical (unpaired) electrons. The van der Waals surface area contributed by atoms with Gasteiger partial charge in [0.15, 0.2) is 0 Å². The number of hydrogen-bond donors (Lipinski definition) is 1. The molecule has 0 aliphatic carbocycles. The minimum absolute atomic E-state index is 0.0118. The van der Waals surface area contributed by atoms with E-state index in [0.29, 0.717) is 5.56 Å². The van der Waals surface area contributed by atoms with Gasteiger partial charge in [0.1, 0.15) is 5.82 Å². The van der Waals surface area contributed by atoms with Crippen LogP contribution in [0.25, 0.3) is 0 Å². The molecule has 2 rings (SSSR count). The summed E-state index contributed by atoms with van der Waals surface area (Å²) in [7, 11) is 1.90. The molecule has 2 aromatic rings. The topological polar surface area (TPSA) is 29.9 Å². The number of aromatic nitrogens is 2. The number of halogens is 2. The van der Waals surface area contributed by atoms with Crippen LogP contribution in [-0.4, -0.2) is 16.3 Å². The number of nitrogens with zero attached hydrogens (tertiary/aromatic N) is 2. The highest BCUT2D eigenvalue weighted by Gasteiger charge is 2.15. The van der Waals surface area contributed by atoms with Gasteiger partial charge in [-0.1, -0.05) is 22.9 Å².